The van der Waals surface area contributed by atoms with Crippen molar-refractivity contribution in [2.24, 2.45) is 0 Å². The molecule has 0 spiro atoms. The third-order valence-corrected chi connectivity index (χ3v) is 3.01. The zero-order valence-corrected chi connectivity index (χ0v) is 7.49. The molecule has 2 atom stereocenters. The van der Waals surface area contributed by atoms with Gasteiger partial charge in [0.05, 0.1) is 0 Å². The molecule has 0 aromatic carbocycles. The van der Waals surface area contributed by atoms with Crippen LogP contribution in [0.5, 0.6) is 0 Å². The summed E-state index contributed by atoms with van der Waals surface area (Å²) in [5.41, 5.74) is 0. The molecule has 0 bridgehead atoms. The van der Waals surface area contributed by atoms with Gasteiger partial charge in [0.25, 0.3) is 5.13 Å². The summed E-state index contributed by atoms with van der Waals surface area (Å²) >= 11 is 8.72. The highest BCUT2D eigenvalue weighted by Crippen LogP contribution is 2.65. The third-order valence-electron chi connectivity index (χ3n) is 1.87. The molecule has 84 valence electrons. The number of halogens is 9. The van der Waals surface area contributed by atoms with Crippen LogP contribution in [0.25, 0.3) is 0 Å². The van der Waals surface area contributed by atoms with Gasteiger partial charge in [0.15, 0.2) is 5.38 Å². The van der Waals surface area contributed by atoms with E-state index in [2.05, 4.69) is 23.2 Å². The lowest BCUT2D eigenvalue weighted by atomic mass is 10.2. The molecule has 1 fully saturated rings. The minimum atomic E-state index is -5.91. The van der Waals surface area contributed by atoms with Crippen LogP contribution in [0.2, 0.25) is 0 Å². The largest absolute Gasteiger partial charge is 0.378 e. The van der Waals surface area contributed by atoms with Crippen LogP contribution < -0.4 is 0 Å². The Balaban J connectivity index is 3.38. The fourth-order valence-electron chi connectivity index (χ4n) is 0.965. The fraction of sp³-hybridized carbons (Fsp3) is 1.00. The van der Waals surface area contributed by atoms with E-state index < -0.39 is 28.3 Å². The Morgan fingerprint density at radius 3 is 1.21 bits per heavy atom. The van der Waals surface area contributed by atoms with Crippen molar-refractivity contribution in [2.75, 3.05) is 0 Å². The van der Waals surface area contributed by atoms with E-state index >= 15 is 0 Å². The number of hydrogen-bond donors (Lipinski definition) is 0. The standard InChI is InChI=1S/C5HCl2F7/c6-1-2(7,8)4(11,12)5(13,14)3(1,9)10/h1H. The van der Waals surface area contributed by atoms with Crippen LogP contribution >= 0.6 is 23.2 Å². The molecule has 0 aliphatic heterocycles. The van der Waals surface area contributed by atoms with Gasteiger partial charge in [0.2, 0.25) is 0 Å². The van der Waals surface area contributed by atoms with E-state index in [0.717, 1.165) is 0 Å². The Kier molecular flexibility index (Phi) is 2.26. The van der Waals surface area contributed by atoms with Gasteiger partial charge in [-0.25, -0.2) is 4.39 Å². The Hall–Kier alpha value is 0.0900. The monoisotopic (exact) mass is 264 g/mol. The predicted octanol–water partition coefficient (Wildman–Crippen LogP) is 3.42. The zero-order chi connectivity index (χ0) is 11.6. The summed E-state index contributed by atoms with van der Waals surface area (Å²) in [5, 5.41) is -8.18. The van der Waals surface area contributed by atoms with E-state index in [4.69, 9.17) is 0 Å². The molecule has 0 heterocycles. The van der Waals surface area contributed by atoms with Crippen molar-refractivity contribution in [3.8, 4) is 0 Å². The minimum absolute atomic E-state index is 3.50. The second kappa shape index (κ2) is 2.61. The summed E-state index contributed by atoms with van der Waals surface area (Å²) in [4.78, 5) is 0. The van der Waals surface area contributed by atoms with Crippen LogP contribution in [-0.2, 0) is 0 Å². The molecular formula is C5HCl2F7. The number of alkyl halides is 9. The zero-order valence-electron chi connectivity index (χ0n) is 5.98. The molecule has 0 saturated heterocycles. The molecule has 0 radical (unpaired) electrons. The summed E-state index contributed by atoms with van der Waals surface area (Å²) in [5.74, 6) is -17.0. The van der Waals surface area contributed by atoms with Crippen molar-refractivity contribution >= 4 is 23.2 Å². The topological polar surface area (TPSA) is 0 Å². The predicted molar refractivity (Wildman–Crippen MR) is 34.2 cm³/mol. The Bertz CT molecular complexity index is 235. The van der Waals surface area contributed by atoms with Crippen LogP contribution in [0.3, 0.4) is 0 Å². The van der Waals surface area contributed by atoms with Gasteiger partial charge in [0.1, 0.15) is 0 Å². The number of hydrogen-bond acceptors (Lipinski definition) is 0. The highest BCUT2D eigenvalue weighted by molar-refractivity contribution is 6.33. The maximum absolute atomic E-state index is 12.7. The smallest absolute Gasteiger partial charge is 0.217 e. The average molecular weight is 265 g/mol. The Labute approximate surface area is 83.0 Å². The van der Waals surface area contributed by atoms with Gasteiger partial charge in [0, 0.05) is 0 Å². The van der Waals surface area contributed by atoms with Gasteiger partial charge in [-0.15, -0.1) is 11.6 Å². The lowest BCUT2D eigenvalue weighted by molar-refractivity contribution is -0.280. The van der Waals surface area contributed by atoms with Crippen molar-refractivity contribution in [3.05, 3.63) is 0 Å². The van der Waals surface area contributed by atoms with Crippen LogP contribution in [0.1, 0.15) is 0 Å². The van der Waals surface area contributed by atoms with E-state index in [1.54, 1.807) is 0 Å². The van der Waals surface area contributed by atoms with Gasteiger partial charge < -0.3 is 0 Å². The van der Waals surface area contributed by atoms with Crippen molar-refractivity contribution in [1.29, 1.82) is 0 Å². The Morgan fingerprint density at radius 1 is 0.786 bits per heavy atom. The quantitative estimate of drug-likeness (QED) is 0.465. The molecular weight excluding hydrogens is 264 g/mol. The van der Waals surface area contributed by atoms with Gasteiger partial charge in [-0.1, -0.05) is 11.6 Å². The van der Waals surface area contributed by atoms with Crippen molar-refractivity contribution in [2.45, 2.75) is 28.3 Å². The third kappa shape index (κ3) is 0.973. The second-order valence-electron chi connectivity index (χ2n) is 2.76. The molecule has 14 heavy (non-hydrogen) atoms. The van der Waals surface area contributed by atoms with Gasteiger partial charge in [-0.2, -0.15) is 26.3 Å². The van der Waals surface area contributed by atoms with E-state index in [0.29, 0.717) is 0 Å². The summed E-state index contributed by atoms with van der Waals surface area (Å²) in [7, 11) is 0. The SMILES string of the molecule is FC1(F)C(Cl)C(F)(Cl)C(F)(F)C1(F)F. The lowest BCUT2D eigenvalue weighted by Crippen LogP contribution is -2.50. The molecule has 0 amide bonds. The normalized spacial score (nSPS) is 43.9. The molecule has 0 aromatic rings. The first-order valence-corrected chi connectivity index (χ1v) is 3.87. The molecule has 2 unspecified atom stereocenters. The Morgan fingerprint density at radius 2 is 1.14 bits per heavy atom. The highest BCUT2D eigenvalue weighted by atomic mass is 35.5. The van der Waals surface area contributed by atoms with Gasteiger partial charge >= 0.3 is 17.8 Å². The molecule has 0 aromatic heterocycles. The van der Waals surface area contributed by atoms with E-state index in [1.807, 2.05) is 0 Å². The molecule has 1 saturated carbocycles. The number of rotatable bonds is 0. The second-order valence-corrected chi connectivity index (χ2v) is 3.74. The molecule has 1 aliphatic carbocycles. The molecule has 9 heteroatoms. The van der Waals surface area contributed by atoms with Crippen LogP contribution in [0.15, 0.2) is 0 Å². The summed E-state index contributed by atoms with van der Waals surface area (Å²) in [6.45, 7) is 0. The van der Waals surface area contributed by atoms with Crippen LogP contribution in [0.4, 0.5) is 30.7 Å². The van der Waals surface area contributed by atoms with E-state index in [1.165, 1.54) is 0 Å². The van der Waals surface area contributed by atoms with E-state index in [9.17, 15) is 30.7 Å². The molecule has 0 nitrogen and oxygen atoms in total. The van der Waals surface area contributed by atoms with Gasteiger partial charge in [-0.3, -0.25) is 0 Å². The lowest BCUT2D eigenvalue weighted by Gasteiger charge is -2.24. The maximum atomic E-state index is 12.7. The first-order chi connectivity index (χ1) is 5.90. The van der Waals surface area contributed by atoms with Gasteiger partial charge in [-0.05, 0) is 0 Å². The van der Waals surface area contributed by atoms with Crippen molar-refractivity contribution < 1.29 is 30.7 Å². The maximum Gasteiger partial charge on any atom is 0.378 e. The van der Waals surface area contributed by atoms with Crippen molar-refractivity contribution in [1.82, 2.24) is 0 Å². The van der Waals surface area contributed by atoms with Crippen LogP contribution in [-0.4, -0.2) is 28.3 Å². The summed E-state index contributed by atoms with van der Waals surface area (Å²) in [6, 6.07) is 0. The molecule has 1 rings (SSSR count). The first-order valence-electron chi connectivity index (χ1n) is 3.06. The fourth-order valence-corrected chi connectivity index (χ4v) is 1.49. The highest BCUT2D eigenvalue weighted by Gasteiger charge is 2.91. The molecule has 1 aliphatic rings. The van der Waals surface area contributed by atoms with Crippen LogP contribution in [0, 0.1) is 0 Å². The average Bonchev–Trinajstić information content (AvgIpc) is 2.05. The van der Waals surface area contributed by atoms with Crippen molar-refractivity contribution in [3.63, 3.8) is 0 Å². The minimum Gasteiger partial charge on any atom is -0.217 e. The molecule has 0 N–H and O–H groups in total. The summed E-state index contributed by atoms with van der Waals surface area (Å²) in [6.07, 6.45) is 0. The first kappa shape index (κ1) is 12.2. The summed E-state index contributed by atoms with van der Waals surface area (Å²) < 4.78 is 87.1. The van der Waals surface area contributed by atoms with E-state index in [-0.39, 0.29) is 0 Å².